The van der Waals surface area contributed by atoms with Gasteiger partial charge in [0.1, 0.15) is 16.7 Å². The van der Waals surface area contributed by atoms with E-state index >= 15 is 0 Å². The molecule has 168 valence electrons. The molecule has 4 rings (SSSR count). The van der Waals surface area contributed by atoms with E-state index in [4.69, 9.17) is 14.6 Å². The number of rotatable bonds is 4. The molecular formula is C18H18F3N3O5S2. The second-order valence-corrected chi connectivity index (χ2v) is 10.3. The van der Waals surface area contributed by atoms with Crippen LogP contribution in [0.3, 0.4) is 0 Å². The molecule has 1 atom stereocenters. The molecule has 2 aromatic rings. The van der Waals surface area contributed by atoms with Crippen molar-refractivity contribution in [2.45, 2.75) is 28.3 Å². The molecule has 0 saturated carbocycles. The first-order chi connectivity index (χ1) is 14.5. The summed E-state index contributed by atoms with van der Waals surface area (Å²) in [6.45, 7) is 1.06. The zero-order valence-electron chi connectivity index (χ0n) is 15.9. The van der Waals surface area contributed by atoms with Gasteiger partial charge in [0.25, 0.3) is 0 Å². The van der Waals surface area contributed by atoms with Crippen LogP contribution in [0.25, 0.3) is 0 Å². The third-order valence-electron chi connectivity index (χ3n) is 4.56. The van der Waals surface area contributed by atoms with Gasteiger partial charge >= 0.3 is 12.1 Å². The van der Waals surface area contributed by atoms with Crippen LogP contribution in [-0.2, 0) is 14.8 Å². The molecule has 2 aliphatic rings. The Labute approximate surface area is 180 Å². The minimum absolute atomic E-state index is 0.0256. The lowest BCUT2D eigenvalue weighted by Gasteiger charge is -2.46. The smallest absolute Gasteiger partial charge is 0.488 e. The molecule has 31 heavy (non-hydrogen) atoms. The van der Waals surface area contributed by atoms with Crippen LogP contribution in [0, 0.1) is 0 Å². The number of hydrogen-bond donors (Lipinski definition) is 1. The highest BCUT2D eigenvalue weighted by atomic mass is 32.2. The first-order valence-corrected chi connectivity index (χ1v) is 11.4. The number of carboxylic acid groups (broad SMARTS) is 1. The number of halogens is 3. The lowest BCUT2D eigenvalue weighted by Crippen LogP contribution is -2.60. The van der Waals surface area contributed by atoms with Crippen molar-refractivity contribution in [1.82, 2.24) is 14.3 Å². The summed E-state index contributed by atoms with van der Waals surface area (Å²) in [5.41, 5.74) is 0. The summed E-state index contributed by atoms with van der Waals surface area (Å²) in [6, 6.07) is 6.97. The van der Waals surface area contributed by atoms with E-state index < -0.39 is 22.2 Å². The molecule has 0 aromatic carbocycles. The van der Waals surface area contributed by atoms with Gasteiger partial charge in [-0.3, -0.25) is 9.97 Å². The van der Waals surface area contributed by atoms with Crippen molar-refractivity contribution in [3.05, 3.63) is 49.1 Å². The number of carbonyl (C=O) groups is 1. The Kier molecular flexibility index (Phi) is 6.76. The molecule has 2 aliphatic heterocycles. The topological polar surface area (TPSA) is 110 Å². The number of nitrogens with zero attached hydrogens (tertiary/aromatic N) is 3. The average molecular weight is 477 g/mol. The van der Waals surface area contributed by atoms with E-state index in [1.165, 1.54) is 10.5 Å². The molecule has 1 unspecified atom stereocenters. The van der Waals surface area contributed by atoms with Crippen molar-refractivity contribution >= 4 is 27.8 Å². The first-order valence-electron chi connectivity index (χ1n) is 8.93. The van der Waals surface area contributed by atoms with Crippen LogP contribution in [0.2, 0.25) is 0 Å². The summed E-state index contributed by atoms with van der Waals surface area (Å²) in [5, 5.41) is 7.12. The average Bonchev–Trinajstić information content (AvgIpc) is 3.12. The van der Waals surface area contributed by atoms with Crippen LogP contribution >= 0.6 is 11.8 Å². The molecular weight excluding hydrogens is 459 g/mol. The normalized spacial score (nSPS) is 20.4. The summed E-state index contributed by atoms with van der Waals surface area (Å²) in [6.07, 6.45) is 2.26. The minimum atomic E-state index is -5.08. The fourth-order valence-electron chi connectivity index (χ4n) is 3.12. The quantitative estimate of drug-likeness (QED) is 0.715. The van der Waals surface area contributed by atoms with Crippen molar-refractivity contribution in [1.29, 1.82) is 0 Å². The van der Waals surface area contributed by atoms with Gasteiger partial charge in [0.15, 0.2) is 0 Å². The summed E-state index contributed by atoms with van der Waals surface area (Å²) in [7, 11) is -3.44. The van der Waals surface area contributed by atoms with Crippen molar-refractivity contribution in [3.63, 3.8) is 0 Å². The van der Waals surface area contributed by atoms with Gasteiger partial charge < -0.3 is 9.84 Å². The highest BCUT2D eigenvalue weighted by Crippen LogP contribution is 2.47. The van der Waals surface area contributed by atoms with E-state index in [-0.39, 0.29) is 15.7 Å². The lowest BCUT2D eigenvalue weighted by atomic mass is 9.95. The van der Waals surface area contributed by atoms with Crippen molar-refractivity contribution in [2.75, 3.05) is 18.8 Å². The van der Waals surface area contributed by atoms with Gasteiger partial charge in [-0.15, -0.1) is 11.8 Å². The summed E-state index contributed by atoms with van der Waals surface area (Å²) >= 11 is 1.81. The Morgan fingerprint density at radius 3 is 2.32 bits per heavy atom. The molecule has 2 fully saturated rings. The molecule has 4 heterocycles. The third kappa shape index (κ3) is 5.66. The maximum absolute atomic E-state index is 12.6. The number of aromatic nitrogens is 2. The van der Waals surface area contributed by atoms with Crippen LogP contribution in [0.5, 0.6) is 5.75 Å². The second kappa shape index (κ2) is 9.01. The van der Waals surface area contributed by atoms with Crippen molar-refractivity contribution < 1.29 is 36.2 Å². The molecule has 2 aromatic heterocycles. The molecule has 0 aliphatic carbocycles. The standard InChI is InChI=1S/C16H17N3O3S2.C2HF3O2/c20-24(21,15-4-2-6-18-9-15)19-11-16(12-19)7-14(10-23-16)22-13-3-1-5-17-8-13;3-2(4,5)1(6)7/h1-6,8-9,14H,7,10-12H2;(H,6,7). The summed E-state index contributed by atoms with van der Waals surface area (Å²) in [4.78, 5) is 17.1. The maximum Gasteiger partial charge on any atom is 0.490 e. The molecule has 0 bridgehead atoms. The van der Waals surface area contributed by atoms with Crippen molar-refractivity contribution in [2.24, 2.45) is 0 Å². The van der Waals surface area contributed by atoms with Crippen LogP contribution in [0.1, 0.15) is 6.42 Å². The number of thioether (sulfide) groups is 1. The van der Waals surface area contributed by atoms with E-state index in [0.29, 0.717) is 13.1 Å². The van der Waals surface area contributed by atoms with Gasteiger partial charge in [0.05, 0.1) is 6.20 Å². The molecule has 1 spiro atoms. The van der Waals surface area contributed by atoms with Gasteiger partial charge in [-0.2, -0.15) is 17.5 Å². The summed E-state index contributed by atoms with van der Waals surface area (Å²) < 4.78 is 64.3. The molecule has 13 heteroatoms. The molecule has 0 amide bonds. The lowest BCUT2D eigenvalue weighted by molar-refractivity contribution is -0.192. The largest absolute Gasteiger partial charge is 0.490 e. The van der Waals surface area contributed by atoms with E-state index in [0.717, 1.165) is 17.9 Å². The maximum atomic E-state index is 12.6. The highest BCUT2D eigenvalue weighted by Gasteiger charge is 2.53. The van der Waals surface area contributed by atoms with Crippen LogP contribution in [0.15, 0.2) is 53.9 Å². The van der Waals surface area contributed by atoms with Crippen LogP contribution in [-0.4, -0.2) is 69.6 Å². The van der Waals surface area contributed by atoms with Crippen LogP contribution < -0.4 is 4.74 Å². The van der Waals surface area contributed by atoms with Crippen LogP contribution in [0.4, 0.5) is 13.2 Å². The Bertz CT molecular complexity index is 1000. The fraction of sp³-hybridized carbons (Fsp3) is 0.389. The number of hydrogen-bond acceptors (Lipinski definition) is 7. The Morgan fingerprint density at radius 1 is 1.19 bits per heavy atom. The Morgan fingerprint density at radius 2 is 1.81 bits per heavy atom. The predicted molar refractivity (Wildman–Crippen MR) is 105 cm³/mol. The van der Waals surface area contributed by atoms with Gasteiger partial charge in [-0.25, -0.2) is 13.2 Å². The number of ether oxygens (including phenoxy) is 1. The first kappa shape index (κ1) is 23.3. The van der Waals surface area contributed by atoms with Gasteiger partial charge in [0, 0.05) is 48.6 Å². The van der Waals surface area contributed by atoms with E-state index in [1.54, 1.807) is 42.5 Å². The van der Waals surface area contributed by atoms with E-state index in [1.807, 2.05) is 12.1 Å². The van der Waals surface area contributed by atoms with Crippen molar-refractivity contribution in [3.8, 4) is 5.75 Å². The fourth-order valence-corrected chi connectivity index (χ4v) is 6.39. The Balaban J connectivity index is 0.000000339. The number of carboxylic acids is 1. The highest BCUT2D eigenvalue weighted by molar-refractivity contribution is 8.01. The third-order valence-corrected chi connectivity index (χ3v) is 7.91. The number of pyridine rings is 2. The monoisotopic (exact) mass is 477 g/mol. The zero-order valence-corrected chi connectivity index (χ0v) is 17.5. The summed E-state index contributed by atoms with van der Waals surface area (Å²) in [5.74, 6) is -1.12. The molecule has 2 saturated heterocycles. The zero-order chi connectivity index (χ0) is 22.7. The number of alkyl halides is 3. The molecule has 0 radical (unpaired) electrons. The van der Waals surface area contributed by atoms with Gasteiger partial charge in [0.2, 0.25) is 10.0 Å². The van der Waals surface area contributed by atoms with Gasteiger partial charge in [-0.05, 0) is 24.3 Å². The number of aliphatic carboxylic acids is 1. The van der Waals surface area contributed by atoms with Gasteiger partial charge in [-0.1, -0.05) is 0 Å². The minimum Gasteiger partial charge on any atom is -0.488 e. The Hall–Kier alpha value is -2.38. The number of sulfonamides is 1. The molecule has 8 nitrogen and oxygen atoms in total. The SMILES string of the molecule is O=C(O)C(F)(F)F.O=S(=O)(c1cccnc1)N1CC2(CC(Oc3cccnc3)CS2)C1. The second-order valence-electron chi connectivity index (χ2n) is 6.89. The molecule has 1 N–H and O–H groups in total. The van der Waals surface area contributed by atoms with E-state index in [9.17, 15) is 21.6 Å². The van der Waals surface area contributed by atoms with E-state index in [2.05, 4.69) is 9.97 Å². The predicted octanol–water partition coefficient (Wildman–Crippen LogP) is 2.44.